The Morgan fingerprint density at radius 3 is 2.53 bits per heavy atom. The van der Waals surface area contributed by atoms with E-state index in [9.17, 15) is 0 Å². The van der Waals surface area contributed by atoms with Crippen LogP contribution < -0.4 is 0 Å². The van der Waals surface area contributed by atoms with E-state index in [1.807, 2.05) is 0 Å². The molecular formula is C17H32. The summed E-state index contributed by atoms with van der Waals surface area (Å²) in [6, 6.07) is 0. The van der Waals surface area contributed by atoms with Gasteiger partial charge in [-0.3, -0.25) is 0 Å². The van der Waals surface area contributed by atoms with E-state index in [0.29, 0.717) is 0 Å². The molecule has 4 unspecified atom stereocenters. The summed E-state index contributed by atoms with van der Waals surface area (Å²) < 4.78 is 0. The highest BCUT2D eigenvalue weighted by atomic mass is 14.4. The van der Waals surface area contributed by atoms with Gasteiger partial charge < -0.3 is 0 Å². The first-order chi connectivity index (χ1) is 8.31. The summed E-state index contributed by atoms with van der Waals surface area (Å²) in [6.07, 6.45) is 16.7. The minimum absolute atomic E-state index is 1.03. The SMILES string of the molecule is CCCCCCC1CCCC(C)C2CCC1C2. The predicted octanol–water partition coefficient (Wildman–Crippen LogP) is 5.81. The number of hydrogen-bond acceptors (Lipinski definition) is 0. The summed E-state index contributed by atoms with van der Waals surface area (Å²) in [5, 5.41) is 0. The molecule has 2 saturated carbocycles. The monoisotopic (exact) mass is 236 g/mol. The molecule has 2 bridgehead atoms. The van der Waals surface area contributed by atoms with E-state index in [2.05, 4.69) is 13.8 Å². The van der Waals surface area contributed by atoms with Crippen molar-refractivity contribution in [1.29, 1.82) is 0 Å². The van der Waals surface area contributed by atoms with E-state index in [0.717, 1.165) is 23.7 Å². The Bertz CT molecular complexity index is 208. The lowest BCUT2D eigenvalue weighted by atomic mass is 9.77. The maximum Gasteiger partial charge on any atom is -0.0383 e. The number of fused-ring (bicyclic) bond motifs is 2. The first kappa shape index (κ1) is 13.4. The zero-order valence-electron chi connectivity index (χ0n) is 12.1. The highest BCUT2D eigenvalue weighted by Crippen LogP contribution is 2.46. The van der Waals surface area contributed by atoms with Crippen LogP contribution in [0.1, 0.15) is 84.5 Å². The normalized spacial score (nSPS) is 37.8. The van der Waals surface area contributed by atoms with Crippen molar-refractivity contribution in [1.82, 2.24) is 0 Å². The van der Waals surface area contributed by atoms with E-state index in [-0.39, 0.29) is 0 Å². The molecule has 0 amide bonds. The lowest BCUT2D eigenvalue weighted by Gasteiger charge is -2.29. The first-order valence-corrected chi connectivity index (χ1v) is 8.31. The largest absolute Gasteiger partial charge is 0.0654 e. The highest BCUT2D eigenvalue weighted by molar-refractivity contribution is 4.85. The maximum absolute atomic E-state index is 2.51. The van der Waals surface area contributed by atoms with Crippen molar-refractivity contribution in [2.24, 2.45) is 23.7 Å². The third-order valence-electron chi connectivity index (χ3n) is 5.65. The third-order valence-corrected chi connectivity index (χ3v) is 5.65. The van der Waals surface area contributed by atoms with E-state index in [4.69, 9.17) is 0 Å². The molecule has 100 valence electrons. The Hall–Kier alpha value is 0. The van der Waals surface area contributed by atoms with Crippen molar-refractivity contribution in [2.45, 2.75) is 84.5 Å². The molecule has 0 heterocycles. The molecule has 0 N–H and O–H groups in total. The topological polar surface area (TPSA) is 0 Å². The first-order valence-electron chi connectivity index (χ1n) is 8.31. The van der Waals surface area contributed by atoms with Crippen molar-refractivity contribution in [3.63, 3.8) is 0 Å². The molecule has 2 aliphatic rings. The van der Waals surface area contributed by atoms with Crippen LogP contribution in [0.25, 0.3) is 0 Å². The number of hydrogen-bond donors (Lipinski definition) is 0. The average Bonchev–Trinajstić information content (AvgIpc) is 2.81. The molecular weight excluding hydrogens is 204 g/mol. The number of unbranched alkanes of at least 4 members (excludes halogenated alkanes) is 3. The van der Waals surface area contributed by atoms with Gasteiger partial charge in [-0.05, 0) is 42.9 Å². The second-order valence-corrected chi connectivity index (χ2v) is 6.85. The van der Waals surface area contributed by atoms with Crippen molar-refractivity contribution < 1.29 is 0 Å². The average molecular weight is 236 g/mol. The van der Waals surface area contributed by atoms with Gasteiger partial charge in [0.05, 0.1) is 0 Å². The Balaban J connectivity index is 1.77. The fourth-order valence-corrected chi connectivity index (χ4v) is 4.38. The Morgan fingerprint density at radius 1 is 0.882 bits per heavy atom. The zero-order valence-corrected chi connectivity index (χ0v) is 12.1. The molecule has 2 aliphatic carbocycles. The zero-order chi connectivity index (χ0) is 12.1. The van der Waals surface area contributed by atoms with Gasteiger partial charge in [0.2, 0.25) is 0 Å². The smallest absolute Gasteiger partial charge is 0.0383 e. The standard InChI is InChI=1S/C17H32/c1-3-4-5-6-9-15-10-7-8-14(2)16-11-12-17(15)13-16/h14-17H,3-13H2,1-2H3. The van der Waals surface area contributed by atoms with Gasteiger partial charge in [-0.15, -0.1) is 0 Å². The molecule has 0 spiro atoms. The molecule has 0 aliphatic heterocycles. The summed E-state index contributed by atoms with van der Waals surface area (Å²) >= 11 is 0. The molecule has 0 nitrogen and oxygen atoms in total. The Labute approximate surface area is 109 Å². The van der Waals surface area contributed by atoms with Gasteiger partial charge in [0.1, 0.15) is 0 Å². The molecule has 2 fully saturated rings. The molecule has 4 atom stereocenters. The Kier molecular flexibility index (Phi) is 5.38. The fourth-order valence-electron chi connectivity index (χ4n) is 4.38. The molecule has 0 saturated heterocycles. The van der Waals surface area contributed by atoms with Gasteiger partial charge in [-0.2, -0.15) is 0 Å². The van der Waals surface area contributed by atoms with Crippen molar-refractivity contribution in [3.8, 4) is 0 Å². The third kappa shape index (κ3) is 3.73. The second kappa shape index (κ2) is 6.81. The van der Waals surface area contributed by atoms with Crippen LogP contribution in [0, 0.1) is 23.7 Å². The summed E-state index contributed by atoms with van der Waals surface area (Å²) in [4.78, 5) is 0. The summed E-state index contributed by atoms with van der Waals surface area (Å²) in [7, 11) is 0. The van der Waals surface area contributed by atoms with Gasteiger partial charge in [0.25, 0.3) is 0 Å². The minimum atomic E-state index is 1.03. The van der Waals surface area contributed by atoms with Crippen LogP contribution in [0.5, 0.6) is 0 Å². The van der Waals surface area contributed by atoms with Crippen molar-refractivity contribution in [2.75, 3.05) is 0 Å². The van der Waals surface area contributed by atoms with E-state index in [1.165, 1.54) is 38.5 Å². The quantitative estimate of drug-likeness (QED) is 0.528. The molecule has 0 aromatic rings. The lowest BCUT2D eigenvalue weighted by molar-refractivity contribution is 0.224. The van der Waals surface area contributed by atoms with Gasteiger partial charge >= 0.3 is 0 Å². The molecule has 0 heteroatoms. The van der Waals surface area contributed by atoms with Crippen LogP contribution >= 0.6 is 0 Å². The summed E-state index contributed by atoms with van der Waals surface area (Å²) in [5.74, 6) is 4.34. The number of rotatable bonds is 5. The minimum Gasteiger partial charge on any atom is -0.0654 e. The van der Waals surface area contributed by atoms with Gasteiger partial charge in [0.15, 0.2) is 0 Å². The molecule has 17 heavy (non-hydrogen) atoms. The maximum atomic E-state index is 2.51. The van der Waals surface area contributed by atoms with Gasteiger partial charge in [-0.1, -0.05) is 65.2 Å². The van der Waals surface area contributed by atoms with Crippen LogP contribution in [-0.4, -0.2) is 0 Å². The van der Waals surface area contributed by atoms with Crippen molar-refractivity contribution in [3.05, 3.63) is 0 Å². The summed E-state index contributed by atoms with van der Waals surface area (Å²) in [5.41, 5.74) is 0. The molecule has 0 aromatic carbocycles. The van der Waals surface area contributed by atoms with Gasteiger partial charge in [-0.25, -0.2) is 0 Å². The van der Waals surface area contributed by atoms with Gasteiger partial charge in [0, 0.05) is 0 Å². The highest BCUT2D eigenvalue weighted by Gasteiger charge is 2.34. The molecule has 2 rings (SSSR count). The van der Waals surface area contributed by atoms with Crippen LogP contribution in [0.15, 0.2) is 0 Å². The van der Waals surface area contributed by atoms with Crippen LogP contribution in [0.4, 0.5) is 0 Å². The van der Waals surface area contributed by atoms with Crippen LogP contribution in [-0.2, 0) is 0 Å². The van der Waals surface area contributed by atoms with Crippen molar-refractivity contribution >= 4 is 0 Å². The molecule has 0 radical (unpaired) electrons. The lowest BCUT2D eigenvalue weighted by Crippen LogP contribution is -2.18. The van der Waals surface area contributed by atoms with E-state index in [1.54, 1.807) is 32.1 Å². The van der Waals surface area contributed by atoms with Crippen LogP contribution in [0.3, 0.4) is 0 Å². The predicted molar refractivity (Wildman–Crippen MR) is 76.1 cm³/mol. The van der Waals surface area contributed by atoms with Crippen LogP contribution in [0.2, 0.25) is 0 Å². The van der Waals surface area contributed by atoms with E-state index < -0.39 is 0 Å². The Morgan fingerprint density at radius 2 is 1.71 bits per heavy atom. The fraction of sp³-hybridized carbons (Fsp3) is 1.00. The van der Waals surface area contributed by atoms with E-state index >= 15 is 0 Å². The molecule has 0 aromatic heterocycles. The summed E-state index contributed by atoms with van der Waals surface area (Å²) in [6.45, 7) is 4.83. The second-order valence-electron chi connectivity index (χ2n) is 6.85.